The lowest BCUT2D eigenvalue weighted by atomic mass is 10.2. The molecule has 1 atom stereocenters. The highest BCUT2D eigenvalue weighted by Crippen LogP contribution is 2.27. The third-order valence-electron chi connectivity index (χ3n) is 1.93. The minimum Gasteiger partial charge on any atom is -0.381 e. The molecule has 0 saturated carbocycles. The summed E-state index contributed by atoms with van der Waals surface area (Å²) in [4.78, 5) is 19.5. The summed E-state index contributed by atoms with van der Waals surface area (Å²) in [5.74, 6) is 5.22. The Hall–Kier alpha value is -1.34. The highest BCUT2D eigenvalue weighted by atomic mass is 32.2. The number of anilines is 1. The van der Waals surface area contributed by atoms with Crippen LogP contribution in [0, 0.1) is 0 Å². The number of hydrogen-bond acceptors (Lipinski definition) is 6. The Kier molecular flexibility index (Phi) is 5.00. The Labute approximate surface area is 98.2 Å². The Morgan fingerprint density at radius 3 is 2.81 bits per heavy atom. The number of hydrogen-bond donors (Lipinski definition) is 3. The van der Waals surface area contributed by atoms with Gasteiger partial charge < -0.3 is 5.73 Å². The maximum atomic E-state index is 11.5. The first-order chi connectivity index (χ1) is 7.69. The second-order valence-corrected chi connectivity index (χ2v) is 4.34. The van der Waals surface area contributed by atoms with Crippen LogP contribution in [0.15, 0.2) is 17.4 Å². The maximum Gasteiger partial charge on any atom is 0.247 e. The molecular weight excluding hydrogens is 226 g/mol. The van der Waals surface area contributed by atoms with Crippen LogP contribution in [0.5, 0.6) is 0 Å². The lowest BCUT2D eigenvalue weighted by molar-refractivity contribution is -0.120. The summed E-state index contributed by atoms with van der Waals surface area (Å²) in [6.45, 7) is 2.00. The molecule has 7 heteroatoms. The molecule has 0 aliphatic rings. The standard InChI is InChI=1S/C9H15N5OS/c1-2-3-6(8(15)14-11)16-9-7(10)12-4-5-13-9/h4-6H,2-3,11H2,1H3,(H2,10,12)(H,14,15). The van der Waals surface area contributed by atoms with E-state index in [2.05, 4.69) is 15.4 Å². The SMILES string of the molecule is CCCC(Sc1nccnc1N)C(=O)NN. The van der Waals surface area contributed by atoms with Crippen molar-refractivity contribution in [2.45, 2.75) is 30.0 Å². The van der Waals surface area contributed by atoms with Crippen LogP contribution in [-0.2, 0) is 4.79 Å². The van der Waals surface area contributed by atoms with Gasteiger partial charge in [0, 0.05) is 12.4 Å². The van der Waals surface area contributed by atoms with Crippen LogP contribution in [0.25, 0.3) is 0 Å². The zero-order valence-corrected chi connectivity index (χ0v) is 9.83. The van der Waals surface area contributed by atoms with Crippen molar-refractivity contribution in [2.24, 2.45) is 5.84 Å². The Bertz CT molecular complexity index is 360. The fourth-order valence-electron chi connectivity index (χ4n) is 1.16. The molecule has 16 heavy (non-hydrogen) atoms. The second-order valence-electron chi connectivity index (χ2n) is 3.15. The van der Waals surface area contributed by atoms with Gasteiger partial charge >= 0.3 is 0 Å². The van der Waals surface area contributed by atoms with Crippen LogP contribution in [0.2, 0.25) is 0 Å². The molecule has 6 nitrogen and oxygen atoms in total. The molecule has 1 heterocycles. The van der Waals surface area contributed by atoms with Gasteiger partial charge in [-0.15, -0.1) is 0 Å². The summed E-state index contributed by atoms with van der Waals surface area (Å²) in [7, 11) is 0. The van der Waals surface area contributed by atoms with Gasteiger partial charge in [0.1, 0.15) is 5.03 Å². The fourth-order valence-corrected chi connectivity index (χ4v) is 2.25. The first-order valence-electron chi connectivity index (χ1n) is 4.92. The van der Waals surface area contributed by atoms with Crippen LogP contribution in [-0.4, -0.2) is 21.1 Å². The average Bonchev–Trinajstić information content (AvgIpc) is 2.30. The molecule has 1 unspecified atom stereocenters. The molecule has 0 aliphatic carbocycles. The van der Waals surface area contributed by atoms with Crippen molar-refractivity contribution in [2.75, 3.05) is 5.73 Å². The normalized spacial score (nSPS) is 12.1. The highest BCUT2D eigenvalue weighted by Gasteiger charge is 2.19. The number of rotatable bonds is 5. The van der Waals surface area contributed by atoms with Crippen molar-refractivity contribution in [3.8, 4) is 0 Å². The summed E-state index contributed by atoms with van der Waals surface area (Å²) < 4.78 is 0. The summed E-state index contributed by atoms with van der Waals surface area (Å²) in [5.41, 5.74) is 7.79. The number of aromatic nitrogens is 2. The topological polar surface area (TPSA) is 107 Å². The molecule has 0 aliphatic heterocycles. The fraction of sp³-hybridized carbons (Fsp3) is 0.444. The molecule has 1 aromatic rings. The number of thioether (sulfide) groups is 1. The van der Waals surface area contributed by atoms with Gasteiger partial charge in [0.15, 0.2) is 5.82 Å². The van der Waals surface area contributed by atoms with Crippen LogP contribution in [0.1, 0.15) is 19.8 Å². The van der Waals surface area contributed by atoms with Gasteiger partial charge in [-0.05, 0) is 6.42 Å². The lowest BCUT2D eigenvalue weighted by Gasteiger charge is -2.13. The smallest absolute Gasteiger partial charge is 0.247 e. The van der Waals surface area contributed by atoms with E-state index in [1.54, 1.807) is 6.20 Å². The third kappa shape index (κ3) is 3.35. The van der Waals surface area contributed by atoms with E-state index < -0.39 is 0 Å². The van der Waals surface area contributed by atoms with Crippen molar-refractivity contribution in [3.05, 3.63) is 12.4 Å². The van der Waals surface area contributed by atoms with Gasteiger partial charge in [-0.1, -0.05) is 25.1 Å². The van der Waals surface area contributed by atoms with Gasteiger partial charge in [-0.3, -0.25) is 10.2 Å². The number of nitrogens with one attached hydrogen (secondary N) is 1. The Morgan fingerprint density at radius 2 is 2.25 bits per heavy atom. The van der Waals surface area contributed by atoms with E-state index in [0.29, 0.717) is 17.3 Å². The number of nitrogens with zero attached hydrogens (tertiary/aromatic N) is 2. The predicted molar refractivity (Wildman–Crippen MR) is 63.3 cm³/mol. The summed E-state index contributed by atoms with van der Waals surface area (Å²) in [6.07, 6.45) is 4.65. The van der Waals surface area contributed by atoms with Crippen molar-refractivity contribution >= 4 is 23.5 Å². The minimum absolute atomic E-state index is 0.225. The number of hydrazine groups is 1. The number of carbonyl (C=O) groups is 1. The second kappa shape index (κ2) is 6.29. The molecule has 1 amide bonds. The molecule has 0 fully saturated rings. The number of amides is 1. The number of nitrogen functional groups attached to an aromatic ring is 1. The first kappa shape index (κ1) is 12.7. The van der Waals surface area contributed by atoms with Crippen molar-refractivity contribution in [1.82, 2.24) is 15.4 Å². The van der Waals surface area contributed by atoms with Gasteiger partial charge in [-0.2, -0.15) is 0 Å². The zero-order valence-electron chi connectivity index (χ0n) is 9.01. The largest absolute Gasteiger partial charge is 0.381 e. The molecule has 1 aromatic heterocycles. The van der Waals surface area contributed by atoms with E-state index >= 15 is 0 Å². The van der Waals surface area contributed by atoms with E-state index in [1.165, 1.54) is 18.0 Å². The van der Waals surface area contributed by atoms with E-state index in [0.717, 1.165) is 6.42 Å². The molecule has 0 aromatic carbocycles. The number of nitrogens with two attached hydrogens (primary N) is 2. The molecule has 0 saturated heterocycles. The zero-order chi connectivity index (χ0) is 12.0. The van der Waals surface area contributed by atoms with Crippen LogP contribution >= 0.6 is 11.8 Å². The molecule has 88 valence electrons. The van der Waals surface area contributed by atoms with Crippen LogP contribution in [0.4, 0.5) is 5.82 Å². The van der Waals surface area contributed by atoms with Gasteiger partial charge in [0.25, 0.3) is 0 Å². The van der Waals surface area contributed by atoms with Gasteiger partial charge in [0.2, 0.25) is 5.91 Å². The molecular formula is C9H15N5OS. The van der Waals surface area contributed by atoms with E-state index in [-0.39, 0.29) is 11.2 Å². The van der Waals surface area contributed by atoms with Gasteiger partial charge in [-0.25, -0.2) is 15.8 Å². The minimum atomic E-state index is -0.283. The molecule has 0 radical (unpaired) electrons. The highest BCUT2D eigenvalue weighted by molar-refractivity contribution is 8.00. The van der Waals surface area contributed by atoms with E-state index in [4.69, 9.17) is 11.6 Å². The third-order valence-corrected chi connectivity index (χ3v) is 3.20. The van der Waals surface area contributed by atoms with Gasteiger partial charge in [0.05, 0.1) is 5.25 Å². The summed E-state index contributed by atoms with van der Waals surface area (Å²) in [5, 5.41) is 0.276. The molecule has 1 rings (SSSR count). The summed E-state index contributed by atoms with van der Waals surface area (Å²) >= 11 is 1.28. The van der Waals surface area contributed by atoms with E-state index in [9.17, 15) is 4.79 Å². The van der Waals surface area contributed by atoms with Crippen molar-refractivity contribution in [1.29, 1.82) is 0 Å². The monoisotopic (exact) mass is 241 g/mol. The van der Waals surface area contributed by atoms with E-state index in [1.807, 2.05) is 6.92 Å². The van der Waals surface area contributed by atoms with Crippen LogP contribution in [0.3, 0.4) is 0 Å². The van der Waals surface area contributed by atoms with Crippen LogP contribution < -0.4 is 17.0 Å². The molecule has 0 bridgehead atoms. The van der Waals surface area contributed by atoms with Crippen molar-refractivity contribution < 1.29 is 4.79 Å². The lowest BCUT2D eigenvalue weighted by Crippen LogP contribution is -2.37. The molecule has 5 N–H and O–H groups in total. The average molecular weight is 241 g/mol. The maximum absolute atomic E-state index is 11.5. The Balaban J connectivity index is 2.75. The quantitative estimate of drug-likeness (QED) is 0.296. The Morgan fingerprint density at radius 1 is 1.56 bits per heavy atom. The van der Waals surface area contributed by atoms with Crippen molar-refractivity contribution in [3.63, 3.8) is 0 Å². The molecule has 0 spiro atoms. The predicted octanol–water partition coefficient (Wildman–Crippen LogP) is 0.309. The first-order valence-corrected chi connectivity index (χ1v) is 5.80. The summed E-state index contributed by atoms with van der Waals surface area (Å²) in [6, 6.07) is 0. The number of carbonyl (C=O) groups excluding carboxylic acids is 1.